The zero-order valence-corrected chi connectivity index (χ0v) is 13.1. The highest BCUT2D eigenvalue weighted by atomic mass is 32.2. The Hall–Kier alpha value is -1.44. The summed E-state index contributed by atoms with van der Waals surface area (Å²) in [4.78, 5) is 7.68. The van der Waals surface area contributed by atoms with Crippen LogP contribution >= 0.6 is 0 Å². The quantitative estimate of drug-likeness (QED) is 0.935. The molecule has 1 N–H and O–H groups in total. The molecule has 21 heavy (non-hydrogen) atoms. The minimum absolute atomic E-state index is 0.363. The van der Waals surface area contributed by atoms with Crippen LogP contribution in [0.15, 0.2) is 24.5 Å². The maximum absolute atomic E-state index is 12.1. The average molecular weight is 308 g/mol. The van der Waals surface area contributed by atoms with E-state index in [0.717, 1.165) is 23.9 Å². The molecule has 1 saturated heterocycles. The van der Waals surface area contributed by atoms with Gasteiger partial charge in [-0.2, -0.15) is 17.0 Å². The van der Waals surface area contributed by atoms with Crippen LogP contribution in [0.25, 0.3) is 11.0 Å². The molecule has 1 aliphatic rings. The number of pyridine rings is 1. The topological polar surface area (TPSA) is 69.3 Å². The van der Waals surface area contributed by atoms with E-state index in [0.29, 0.717) is 19.0 Å². The first-order valence-electron chi connectivity index (χ1n) is 7.10. The van der Waals surface area contributed by atoms with Crippen LogP contribution in [0.1, 0.15) is 24.3 Å². The van der Waals surface area contributed by atoms with Crippen molar-refractivity contribution in [2.75, 3.05) is 27.2 Å². The molecule has 0 radical (unpaired) electrons. The first-order valence-corrected chi connectivity index (χ1v) is 8.49. The molecule has 6 nitrogen and oxygen atoms in total. The van der Waals surface area contributed by atoms with Crippen LogP contribution in [0, 0.1) is 0 Å². The van der Waals surface area contributed by atoms with E-state index in [1.807, 2.05) is 18.3 Å². The highest BCUT2D eigenvalue weighted by molar-refractivity contribution is 7.86. The number of H-pyrrole nitrogens is 1. The summed E-state index contributed by atoms with van der Waals surface area (Å²) < 4.78 is 27.1. The number of hydrogen-bond acceptors (Lipinski definition) is 3. The van der Waals surface area contributed by atoms with E-state index in [-0.39, 0.29) is 0 Å². The van der Waals surface area contributed by atoms with E-state index in [4.69, 9.17) is 0 Å². The lowest BCUT2D eigenvalue weighted by atomic mass is 9.91. The van der Waals surface area contributed by atoms with Gasteiger partial charge in [0.15, 0.2) is 0 Å². The third kappa shape index (κ3) is 2.56. The lowest BCUT2D eigenvalue weighted by molar-refractivity contribution is 0.303. The molecular formula is C14H20N4O2S. The maximum Gasteiger partial charge on any atom is 0.281 e. The molecule has 0 atom stereocenters. The highest BCUT2D eigenvalue weighted by Gasteiger charge is 2.30. The highest BCUT2D eigenvalue weighted by Crippen LogP contribution is 2.32. The molecule has 3 rings (SSSR count). The van der Waals surface area contributed by atoms with Crippen LogP contribution in [0.5, 0.6) is 0 Å². The monoisotopic (exact) mass is 308 g/mol. The Kier molecular flexibility index (Phi) is 3.73. The van der Waals surface area contributed by atoms with Crippen LogP contribution in [0.2, 0.25) is 0 Å². The van der Waals surface area contributed by atoms with Crippen molar-refractivity contribution in [3.8, 4) is 0 Å². The van der Waals surface area contributed by atoms with Gasteiger partial charge in [-0.15, -0.1) is 0 Å². The second-order valence-corrected chi connectivity index (χ2v) is 7.75. The molecule has 3 heterocycles. The van der Waals surface area contributed by atoms with Crippen molar-refractivity contribution in [1.82, 2.24) is 18.6 Å². The lowest BCUT2D eigenvalue weighted by Gasteiger charge is -2.32. The normalized spacial score (nSPS) is 18.6. The van der Waals surface area contributed by atoms with E-state index in [1.165, 1.54) is 9.87 Å². The molecule has 2 aromatic heterocycles. The predicted molar refractivity (Wildman–Crippen MR) is 82.2 cm³/mol. The van der Waals surface area contributed by atoms with Crippen molar-refractivity contribution in [2.24, 2.45) is 0 Å². The summed E-state index contributed by atoms with van der Waals surface area (Å²) in [6.45, 7) is 1.12. The maximum atomic E-state index is 12.1. The smallest absolute Gasteiger partial charge is 0.281 e. The molecule has 0 saturated carbocycles. The van der Waals surface area contributed by atoms with E-state index in [1.54, 1.807) is 24.6 Å². The molecule has 0 unspecified atom stereocenters. The molecule has 1 fully saturated rings. The van der Waals surface area contributed by atoms with Crippen molar-refractivity contribution in [1.29, 1.82) is 0 Å². The summed E-state index contributed by atoms with van der Waals surface area (Å²) in [6, 6.07) is 3.92. The Morgan fingerprint density at radius 1 is 1.33 bits per heavy atom. The molecule has 0 aliphatic carbocycles. The third-order valence-electron chi connectivity index (χ3n) is 4.15. The van der Waals surface area contributed by atoms with Crippen molar-refractivity contribution in [2.45, 2.75) is 18.8 Å². The van der Waals surface area contributed by atoms with Gasteiger partial charge in [0, 0.05) is 39.6 Å². The van der Waals surface area contributed by atoms with Crippen LogP contribution in [-0.4, -0.2) is 54.2 Å². The zero-order valence-electron chi connectivity index (χ0n) is 12.3. The van der Waals surface area contributed by atoms with Gasteiger partial charge in [0.05, 0.1) is 11.0 Å². The van der Waals surface area contributed by atoms with Gasteiger partial charge in [-0.1, -0.05) is 0 Å². The summed E-state index contributed by atoms with van der Waals surface area (Å²) in [5.41, 5.74) is 3.25. The summed E-state index contributed by atoms with van der Waals surface area (Å²) in [5, 5.41) is 0. The van der Waals surface area contributed by atoms with Gasteiger partial charge in [-0.25, -0.2) is 0 Å². The summed E-state index contributed by atoms with van der Waals surface area (Å²) in [7, 11) is -0.143. The van der Waals surface area contributed by atoms with Gasteiger partial charge in [-0.3, -0.25) is 4.98 Å². The summed E-state index contributed by atoms with van der Waals surface area (Å²) in [5.74, 6) is 0.363. The Morgan fingerprint density at radius 3 is 2.71 bits per heavy atom. The fourth-order valence-corrected chi connectivity index (χ4v) is 4.05. The molecule has 0 aromatic carbocycles. The van der Waals surface area contributed by atoms with Crippen LogP contribution < -0.4 is 0 Å². The minimum Gasteiger partial charge on any atom is -0.360 e. The molecule has 2 aromatic rings. The van der Waals surface area contributed by atoms with Gasteiger partial charge in [0.25, 0.3) is 10.2 Å². The SMILES string of the molecule is CN(C)S(=O)(=O)N1CCC(c2c[nH]c3cccnc23)CC1. The van der Waals surface area contributed by atoms with E-state index in [9.17, 15) is 8.42 Å². The number of fused-ring (bicyclic) bond motifs is 1. The van der Waals surface area contributed by atoms with Crippen molar-refractivity contribution >= 4 is 21.2 Å². The standard InChI is InChI=1S/C14H20N4O2S/c1-17(2)21(19,20)18-8-5-11(6-9-18)12-10-16-13-4-3-7-15-14(12)13/h3-4,7,10-11,16H,5-6,8-9H2,1-2H3. The van der Waals surface area contributed by atoms with E-state index < -0.39 is 10.2 Å². The predicted octanol–water partition coefficient (Wildman–Crippen LogP) is 1.55. The van der Waals surface area contributed by atoms with Gasteiger partial charge in [-0.05, 0) is 36.5 Å². The van der Waals surface area contributed by atoms with Crippen LogP contribution in [-0.2, 0) is 10.2 Å². The third-order valence-corrected chi connectivity index (χ3v) is 6.09. The first kappa shape index (κ1) is 14.5. The molecular weight excluding hydrogens is 288 g/mol. The molecule has 1 aliphatic heterocycles. The molecule has 114 valence electrons. The molecule has 0 spiro atoms. The number of nitrogens with zero attached hydrogens (tertiary/aromatic N) is 3. The van der Waals surface area contributed by atoms with Gasteiger partial charge in [0.1, 0.15) is 0 Å². The van der Waals surface area contributed by atoms with Gasteiger partial charge in [0.2, 0.25) is 0 Å². The lowest BCUT2D eigenvalue weighted by Crippen LogP contribution is -2.44. The minimum atomic E-state index is -3.29. The Labute approximate surface area is 125 Å². The van der Waals surface area contributed by atoms with Crippen molar-refractivity contribution in [3.63, 3.8) is 0 Å². The summed E-state index contributed by atoms with van der Waals surface area (Å²) >= 11 is 0. The largest absolute Gasteiger partial charge is 0.360 e. The Balaban J connectivity index is 1.77. The van der Waals surface area contributed by atoms with Crippen LogP contribution in [0.4, 0.5) is 0 Å². The number of nitrogens with one attached hydrogen (secondary N) is 1. The molecule has 7 heteroatoms. The summed E-state index contributed by atoms with van der Waals surface area (Å²) in [6.07, 6.45) is 5.47. The fourth-order valence-electron chi connectivity index (χ4n) is 2.92. The van der Waals surface area contributed by atoms with Crippen molar-refractivity contribution in [3.05, 3.63) is 30.1 Å². The Bertz CT molecular complexity index is 730. The fraction of sp³-hybridized carbons (Fsp3) is 0.500. The number of piperidine rings is 1. The average Bonchev–Trinajstić information content (AvgIpc) is 2.91. The number of aromatic amines is 1. The number of rotatable bonds is 3. The first-order chi connectivity index (χ1) is 10.00. The molecule has 0 bridgehead atoms. The Morgan fingerprint density at radius 2 is 2.05 bits per heavy atom. The van der Waals surface area contributed by atoms with E-state index in [2.05, 4.69) is 9.97 Å². The number of aromatic nitrogens is 2. The number of hydrogen-bond donors (Lipinski definition) is 1. The second-order valence-electron chi connectivity index (χ2n) is 5.61. The second kappa shape index (κ2) is 5.40. The van der Waals surface area contributed by atoms with E-state index >= 15 is 0 Å². The van der Waals surface area contributed by atoms with Gasteiger partial charge >= 0.3 is 0 Å². The molecule has 0 amide bonds. The van der Waals surface area contributed by atoms with Crippen LogP contribution in [0.3, 0.4) is 0 Å². The van der Waals surface area contributed by atoms with Gasteiger partial charge < -0.3 is 4.98 Å². The van der Waals surface area contributed by atoms with Crippen molar-refractivity contribution < 1.29 is 8.42 Å². The zero-order chi connectivity index (χ0) is 15.0.